The van der Waals surface area contributed by atoms with Gasteiger partial charge < -0.3 is 10.2 Å². The lowest BCUT2D eigenvalue weighted by Crippen LogP contribution is -2.47. The molecule has 1 unspecified atom stereocenters. The fraction of sp³-hybridized carbons (Fsp3) is 0.444. The number of nitrogens with one attached hydrogen (secondary N) is 1. The molecular weight excluding hydrogens is 304 g/mol. The molecule has 0 amide bonds. The van der Waals surface area contributed by atoms with E-state index in [0.717, 1.165) is 31.1 Å². The van der Waals surface area contributed by atoms with E-state index in [1.807, 2.05) is 19.3 Å². The quantitative estimate of drug-likeness (QED) is 0.694. The van der Waals surface area contributed by atoms with Crippen LogP contribution in [0.4, 0.5) is 0 Å². The second-order valence-electron chi connectivity index (χ2n) is 5.74. The summed E-state index contributed by atoms with van der Waals surface area (Å²) >= 11 is 2.08. The zero-order valence-electron chi connectivity index (χ0n) is 13.8. The SMILES string of the molecule is CCC1CN(C(=NC)NCc2ccnc3ccccc23)CCS1. The molecule has 1 aromatic carbocycles. The third kappa shape index (κ3) is 3.78. The first-order chi connectivity index (χ1) is 11.3. The highest BCUT2D eigenvalue weighted by molar-refractivity contribution is 8.00. The number of para-hydroxylation sites is 1. The summed E-state index contributed by atoms with van der Waals surface area (Å²) in [4.78, 5) is 11.3. The van der Waals surface area contributed by atoms with E-state index in [9.17, 15) is 0 Å². The molecule has 0 bridgehead atoms. The standard InChI is InChI=1S/C18H24N4S/c1-3-15-13-22(10-11-23-15)18(19-2)21-12-14-8-9-20-17-7-5-4-6-16(14)17/h4-9,15H,3,10-13H2,1-2H3,(H,19,21). The Morgan fingerprint density at radius 1 is 1.39 bits per heavy atom. The highest BCUT2D eigenvalue weighted by Gasteiger charge is 2.21. The highest BCUT2D eigenvalue weighted by Crippen LogP contribution is 2.21. The molecule has 3 rings (SSSR count). The summed E-state index contributed by atoms with van der Waals surface area (Å²) in [5.41, 5.74) is 2.30. The van der Waals surface area contributed by atoms with Gasteiger partial charge in [0, 0.05) is 49.3 Å². The third-order valence-corrected chi connectivity index (χ3v) is 5.65. The van der Waals surface area contributed by atoms with Crippen LogP contribution in [0, 0.1) is 0 Å². The largest absolute Gasteiger partial charge is 0.352 e. The lowest BCUT2D eigenvalue weighted by atomic mass is 10.1. The van der Waals surface area contributed by atoms with E-state index in [2.05, 4.69) is 63.1 Å². The monoisotopic (exact) mass is 328 g/mol. The number of thioether (sulfide) groups is 1. The van der Waals surface area contributed by atoms with Crippen molar-refractivity contribution in [2.24, 2.45) is 4.99 Å². The van der Waals surface area contributed by atoms with Crippen LogP contribution in [0.15, 0.2) is 41.5 Å². The molecule has 1 aliphatic heterocycles. The maximum absolute atomic E-state index is 4.48. The van der Waals surface area contributed by atoms with Gasteiger partial charge in [-0.15, -0.1) is 0 Å². The van der Waals surface area contributed by atoms with Crippen LogP contribution in [0.3, 0.4) is 0 Å². The fourth-order valence-electron chi connectivity index (χ4n) is 2.97. The molecule has 122 valence electrons. The van der Waals surface area contributed by atoms with Crippen LogP contribution in [-0.4, -0.2) is 47.0 Å². The number of guanidine groups is 1. The summed E-state index contributed by atoms with van der Waals surface area (Å²) in [6.45, 7) is 5.19. The van der Waals surface area contributed by atoms with Crippen molar-refractivity contribution in [3.05, 3.63) is 42.1 Å². The van der Waals surface area contributed by atoms with Crippen LogP contribution in [0.25, 0.3) is 10.9 Å². The molecular formula is C18H24N4S. The number of hydrogen-bond donors (Lipinski definition) is 1. The van der Waals surface area contributed by atoms with Gasteiger partial charge in [-0.1, -0.05) is 25.1 Å². The average molecular weight is 328 g/mol. The number of aliphatic imine (C=N–C) groups is 1. The predicted molar refractivity (Wildman–Crippen MR) is 100 cm³/mol. The van der Waals surface area contributed by atoms with Crippen LogP contribution in [0.1, 0.15) is 18.9 Å². The summed E-state index contributed by atoms with van der Waals surface area (Å²) in [6, 6.07) is 10.4. The molecule has 2 aromatic rings. The smallest absolute Gasteiger partial charge is 0.193 e. The summed E-state index contributed by atoms with van der Waals surface area (Å²) in [7, 11) is 1.87. The molecule has 1 aliphatic rings. The van der Waals surface area contributed by atoms with Crippen LogP contribution < -0.4 is 5.32 Å². The number of benzene rings is 1. The first-order valence-electron chi connectivity index (χ1n) is 8.21. The second-order valence-corrected chi connectivity index (χ2v) is 7.14. The Labute approximate surface area is 142 Å². The van der Waals surface area contributed by atoms with E-state index in [-0.39, 0.29) is 0 Å². The number of hydrogen-bond acceptors (Lipinski definition) is 3. The van der Waals surface area contributed by atoms with Gasteiger partial charge in [0.1, 0.15) is 0 Å². The number of rotatable bonds is 3. The van der Waals surface area contributed by atoms with E-state index >= 15 is 0 Å². The van der Waals surface area contributed by atoms with Gasteiger partial charge in [0.2, 0.25) is 0 Å². The fourth-order valence-corrected chi connectivity index (χ4v) is 4.15. The summed E-state index contributed by atoms with van der Waals surface area (Å²) < 4.78 is 0. The van der Waals surface area contributed by atoms with Crippen molar-refractivity contribution in [3.63, 3.8) is 0 Å². The predicted octanol–water partition coefficient (Wildman–Crippen LogP) is 3.14. The maximum atomic E-state index is 4.48. The Bertz CT molecular complexity index is 680. The molecule has 1 aromatic heterocycles. The Morgan fingerprint density at radius 3 is 3.09 bits per heavy atom. The first kappa shape index (κ1) is 16.1. The average Bonchev–Trinajstić information content (AvgIpc) is 2.62. The van der Waals surface area contributed by atoms with E-state index in [0.29, 0.717) is 5.25 Å². The number of fused-ring (bicyclic) bond motifs is 1. The van der Waals surface area contributed by atoms with E-state index in [1.165, 1.54) is 23.1 Å². The molecule has 0 aliphatic carbocycles. The van der Waals surface area contributed by atoms with E-state index in [4.69, 9.17) is 0 Å². The Hall–Kier alpha value is -1.75. The first-order valence-corrected chi connectivity index (χ1v) is 9.26. The molecule has 0 radical (unpaired) electrons. The van der Waals surface area contributed by atoms with E-state index < -0.39 is 0 Å². The van der Waals surface area contributed by atoms with Crippen molar-refractivity contribution in [1.29, 1.82) is 0 Å². The minimum absolute atomic E-state index is 0.712. The number of pyridine rings is 1. The molecule has 5 heteroatoms. The van der Waals surface area contributed by atoms with Gasteiger partial charge in [-0.3, -0.25) is 9.98 Å². The van der Waals surface area contributed by atoms with E-state index in [1.54, 1.807) is 0 Å². The zero-order valence-corrected chi connectivity index (χ0v) is 14.6. The molecule has 1 atom stereocenters. The molecule has 4 nitrogen and oxygen atoms in total. The minimum atomic E-state index is 0.712. The van der Waals surface area contributed by atoms with Crippen molar-refractivity contribution >= 4 is 28.6 Å². The van der Waals surface area contributed by atoms with Gasteiger partial charge >= 0.3 is 0 Å². The van der Waals surface area contributed by atoms with Crippen LogP contribution in [0.2, 0.25) is 0 Å². The Morgan fingerprint density at radius 2 is 2.26 bits per heavy atom. The lowest BCUT2D eigenvalue weighted by Gasteiger charge is -2.34. The maximum Gasteiger partial charge on any atom is 0.193 e. The number of nitrogens with zero attached hydrogens (tertiary/aromatic N) is 3. The normalized spacial score (nSPS) is 19.1. The topological polar surface area (TPSA) is 40.5 Å². The Kier molecular flexibility index (Phi) is 5.39. The molecule has 2 heterocycles. The molecule has 1 N–H and O–H groups in total. The highest BCUT2D eigenvalue weighted by atomic mass is 32.2. The van der Waals surface area contributed by atoms with Crippen molar-refractivity contribution < 1.29 is 0 Å². The van der Waals surface area contributed by atoms with Gasteiger partial charge in [0.05, 0.1) is 5.52 Å². The number of aromatic nitrogens is 1. The summed E-state index contributed by atoms with van der Waals surface area (Å²) in [6.07, 6.45) is 3.10. The summed E-state index contributed by atoms with van der Waals surface area (Å²) in [5.74, 6) is 2.18. The third-order valence-electron chi connectivity index (χ3n) is 4.28. The van der Waals surface area contributed by atoms with Crippen LogP contribution in [-0.2, 0) is 6.54 Å². The van der Waals surface area contributed by atoms with Gasteiger partial charge in [-0.25, -0.2) is 0 Å². The van der Waals surface area contributed by atoms with Crippen molar-refractivity contribution in [2.75, 3.05) is 25.9 Å². The van der Waals surface area contributed by atoms with Crippen molar-refractivity contribution in [2.45, 2.75) is 25.1 Å². The molecule has 23 heavy (non-hydrogen) atoms. The van der Waals surface area contributed by atoms with Crippen molar-refractivity contribution in [3.8, 4) is 0 Å². The van der Waals surface area contributed by atoms with Gasteiger partial charge in [0.15, 0.2) is 5.96 Å². The Balaban J connectivity index is 1.70. The summed E-state index contributed by atoms with van der Waals surface area (Å²) in [5, 5.41) is 5.45. The lowest BCUT2D eigenvalue weighted by molar-refractivity contribution is 0.408. The molecule has 0 saturated carbocycles. The van der Waals surface area contributed by atoms with Gasteiger partial charge in [-0.2, -0.15) is 11.8 Å². The van der Waals surface area contributed by atoms with Gasteiger partial charge in [0.25, 0.3) is 0 Å². The van der Waals surface area contributed by atoms with Crippen molar-refractivity contribution in [1.82, 2.24) is 15.2 Å². The molecule has 1 saturated heterocycles. The van der Waals surface area contributed by atoms with Gasteiger partial charge in [-0.05, 0) is 24.1 Å². The minimum Gasteiger partial charge on any atom is -0.352 e. The molecule has 0 spiro atoms. The van der Waals surface area contributed by atoms with Crippen LogP contribution in [0.5, 0.6) is 0 Å². The molecule has 1 fully saturated rings. The second kappa shape index (κ2) is 7.68. The zero-order chi connectivity index (χ0) is 16.1. The van der Waals surface area contributed by atoms with Crippen LogP contribution >= 0.6 is 11.8 Å².